The Bertz CT molecular complexity index is 305. The minimum atomic E-state index is -1.19. The van der Waals surface area contributed by atoms with Crippen LogP contribution in [-0.2, 0) is 14.3 Å². The lowest BCUT2D eigenvalue weighted by molar-refractivity contribution is -0.117. The molecular formula is C11H18F2N2O4. The molecule has 2 N–H and O–H groups in total. The second-order valence-electron chi connectivity index (χ2n) is 3.87. The number of carbonyl (C=O) groups is 2. The van der Waals surface area contributed by atoms with E-state index in [4.69, 9.17) is 19.4 Å². The lowest BCUT2D eigenvalue weighted by atomic mass is 10.2. The van der Waals surface area contributed by atoms with Gasteiger partial charge in [-0.15, -0.1) is 0 Å². The van der Waals surface area contributed by atoms with Crippen molar-refractivity contribution in [1.82, 2.24) is 10.2 Å². The van der Waals surface area contributed by atoms with E-state index in [0.29, 0.717) is 12.8 Å². The molecule has 0 aromatic heterocycles. The zero-order valence-electron chi connectivity index (χ0n) is 10.8. The van der Waals surface area contributed by atoms with Crippen LogP contribution in [-0.4, -0.2) is 55.0 Å². The van der Waals surface area contributed by atoms with E-state index in [2.05, 4.69) is 0 Å². The van der Waals surface area contributed by atoms with Crippen molar-refractivity contribution in [2.45, 2.75) is 31.8 Å². The number of hydrogen-bond acceptors (Lipinski definition) is 5. The summed E-state index contributed by atoms with van der Waals surface area (Å²) in [5, 5.41) is 10.5. The fraction of sp³-hybridized carbons (Fsp3) is 0.636. The quantitative estimate of drug-likeness (QED) is 0.697. The molecule has 8 heteroatoms. The van der Waals surface area contributed by atoms with Crippen molar-refractivity contribution < 1.29 is 28.2 Å². The summed E-state index contributed by atoms with van der Waals surface area (Å²) in [5.41, 5.74) is 0. The SMILES string of the molecule is C/C(F)=C\N(C)C1OC(CO)CC1F.O=CNC=O. The zero-order chi connectivity index (χ0) is 14.8. The number of aliphatic hydroxyl groups is 1. The van der Waals surface area contributed by atoms with Gasteiger partial charge in [-0.3, -0.25) is 9.59 Å². The van der Waals surface area contributed by atoms with Crippen LogP contribution < -0.4 is 5.32 Å². The molecule has 2 amide bonds. The maximum absolute atomic E-state index is 13.3. The Labute approximate surface area is 110 Å². The van der Waals surface area contributed by atoms with Gasteiger partial charge in [-0.25, -0.2) is 8.78 Å². The van der Waals surface area contributed by atoms with Gasteiger partial charge in [-0.1, -0.05) is 0 Å². The topological polar surface area (TPSA) is 78.9 Å². The standard InChI is InChI=1S/C9H15F2NO2.C2H3NO2/c1-6(10)4-12(2)9-8(11)3-7(5-13)14-9;4-1-3-2-5/h4,7-9,13H,3,5H2,1-2H3;1-2H,(H,3,4,5)/b6-4+;. The van der Waals surface area contributed by atoms with E-state index in [-0.39, 0.29) is 13.0 Å². The lowest BCUT2D eigenvalue weighted by Crippen LogP contribution is -2.33. The molecule has 0 saturated carbocycles. The summed E-state index contributed by atoms with van der Waals surface area (Å²) in [7, 11) is 1.54. The second-order valence-corrected chi connectivity index (χ2v) is 3.87. The highest BCUT2D eigenvalue weighted by molar-refractivity contribution is 5.67. The van der Waals surface area contributed by atoms with E-state index in [0.717, 1.165) is 0 Å². The van der Waals surface area contributed by atoms with Gasteiger partial charge >= 0.3 is 0 Å². The van der Waals surface area contributed by atoms with Crippen molar-refractivity contribution in [3.8, 4) is 0 Å². The molecule has 1 rings (SSSR count). The van der Waals surface area contributed by atoms with Crippen LogP contribution in [0.25, 0.3) is 0 Å². The van der Waals surface area contributed by atoms with Crippen LogP contribution in [0.4, 0.5) is 8.78 Å². The normalized spacial score (nSPS) is 26.2. The number of imide groups is 1. The number of aliphatic hydroxyl groups excluding tert-OH is 1. The molecule has 3 atom stereocenters. The number of alkyl halides is 1. The van der Waals surface area contributed by atoms with Crippen LogP contribution in [0.15, 0.2) is 12.0 Å². The van der Waals surface area contributed by atoms with Crippen LogP contribution in [0, 0.1) is 0 Å². The summed E-state index contributed by atoms with van der Waals surface area (Å²) < 4.78 is 31.0. The van der Waals surface area contributed by atoms with Crippen LogP contribution in [0.5, 0.6) is 0 Å². The number of nitrogens with one attached hydrogen (secondary N) is 1. The summed E-state index contributed by atoms with van der Waals surface area (Å²) in [6.45, 7) is 1.07. The molecule has 1 saturated heterocycles. The first-order valence-electron chi connectivity index (χ1n) is 5.55. The van der Waals surface area contributed by atoms with Crippen LogP contribution >= 0.6 is 0 Å². The molecule has 0 aliphatic carbocycles. The zero-order valence-corrected chi connectivity index (χ0v) is 10.8. The van der Waals surface area contributed by atoms with Gasteiger partial charge in [-0.2, -0.15) is 0 Å². The largest absolute Gasteiger partial charge is 0.394 e. The Hall–Kier alpha value is -1.54. The van der Waals surface area contributed by atoms with E-state index in [1.807, 2.05) is 0 Å². The highest BCUT2D eigenvalue weighted by atomic mass is 19.1. The summed E-state index contributed by atoms with van der Waals surface area (Å²) in [5.74, 6) is -0.407. The Balaban J connectivity index is 0.000000555. The first kappa shape index (κ1) is 17.5. The molecule has 0 radical (unpaired) electrons. The van der Waals surface area contributed by atoms with E-state index >= 15 is 0 Å². The average Bonchev–Trinajstić information content (AvgIpc) is 2.71. The second kappa shape index (κ2) is 9.40. The van der Waals surface area contributed by atoms with Gasteiger partial charge < -0.3 is 20.1 Å². The van der Waals surface area contributed by atoms with Crippen molar-refractivity contribution in [2.24, 2.45) is 0 Å². The molecule has 0 spiro atoms. The van der Waals surface area contributed by atoms with Gasteiger partial charge in [0.25, 0.3) is 0 Å². The van der Waals surface area contributed by atoms with E-state index in [1.54, 1.807) is 12.4 Å². The maximum atomic E-state index is 13.3. The van der Waals surface area contributed by atoms with Gasteiger partial charge in [0.2, 0.25) is 12.8 Å². The van der Waals surface area contributed by atoms with E-state index in [1.165, 1.54) is 18.0 Å². The molecule has 1 heterocycles. The minimum absolute atomic E-state index is 0.157. The average molecular weight is 280 g/mol. The third kappa shape index (κ3) is 6.82. The van der Waals surface area contributed by atoms with E-state index < -0.39 is 24.3 Å². The van der Waals surface area contributed by atoms with Crippen molar-refractivity contribution in [2.75, 3.05) is 13.7 Å². The molecule has 1 aliphatic heterocycles. The fourth-order valence-electron chi connectivity index (χ4n) is 1.56. The van der Waals surface area contributed by atoms with Crippen LogP contribution in [0.3, 0.4) is 0 Å². The highest BCUT2D eigenvalue weighted by Gasteiger charge is 2.36. The smallest absolute Gasteiger partial charge is 0.213 e. The summed E-state index contributed by atoms with van der Waals surface area (Å²) in [6.07, 6.45) is -0.502. The number of amides is 2. The number of carbonyl (C=O) groups excluding carboxylic acids is 2. The fourth-order valence-corrected chi connectivity index (χ4v) is 1.56. The molecule has 6 nitrogen and oxygen atoms in total. The van der Waals surface area contributed by atoms with Crippen LogP contribution in [0.1, 0.15) is 13.3 Å². The number of nitrogens with zero attached hydrogens (tertiary/aromatic N) is 1. The van der Waals surface area contributed by atoms with Gasteiger partial charge in [0, 0.05) is 19.7 Å². The lowest BCUT2D eigenvalue weighted by Gasteiger charge is -2.23. The number of hydrogen-bond donors (Lipinski definition) is 2. The van der Waals surface area contributed by atoms with Crippen molar-refractivity contribution in [3.63, 3.8) is 0 Å². The monoisotopic (exact) mass is 280 g/mol. The number of halogens is 2. The number of rotatable bonds is 5. The first-order chi connectivity index (χ1) is 8.96. The predicted molar refractivity (Wildman–Crippen MR) is 63.2 cm³/mol. The third-order valence-electron chi connectivity index (χ3n) is 2.25. The third-order valence-corrected chi connectivity index (χ3v) is 2.25. The van der Waals surface area contributed by atoms with Gasteiger partial charge in [0.15, 0.2) is 6.23 Å². The Morgan fingerprint density at radius 3 is 2.42 bits per heavy atom. The molecule has 19 heavy (non-hydrogen) atoms. The van der Waals surface area contributed by atoms with Crippen molar-refractivity contribution in [1.29, 1.82) is 0 Å². The van der Waals surface area contributed by atoms with Gasteiger partial charge in [-0.05, 0) is 6.92 Å². The summed E-state index contributed by atoms with van der Waals surface area (Å²) >= 11 is 0. The molecule has 0 aromatic rings. The Morgan fingerprint density at radius 1 is 1.53 bits per heavy atom. The van der Waals surface area contributed by atoms with Crippen LogP contribution in [0.2, 0.25) is 0 Å². The minimum Gasteiger partial charge on any atom is -0.394 e. The molecule has 0 aromatic carbocycles. The molecule has 110 valence electrons. The maximum Gasteiger partial charge on any atom is 0.213 e. The molecule has 3 unspecified atom stereocenters. The summed E-state index contributed by atoms with van der Waals surface area (Å²) in [4.78, 5) is 19.5. The number of ether oxygens (including phenoxy) is 1. The molecule has 1 fully saturated rings. The van der Waals surface area contributed by atoms with Crippen molar-refractivity contribution >= 4 is 12.8 Å². The van der Waals surface area contributed by atoms with Crippen molar-refractivity contribution in [3.05, 3.63) is 12.0 Å². The first-order valence-corrected chi connectivity index (χ1v) is 5.55. The Kier molecular flexibility index (Phi) is 8.64. The Morgan fingerprint density at radius 2 is 2.11 bits per heavy atom. The molecular weight excluding hydrogens is 262 g/mol. The van der Waals surface area contributed by atoms with Gasteiger partial charge in [0.1, 0.15) is 12.0 Å². The van der Waals surface area contributed by atoms with E-state index in [9.17, 15) is 8.78 Å². The number of allylic oxidation sites excluding steroid dienone is 1. The predicted octanol–water partition coefficient (Wildman–Crippen LogP) is 0.0832. The van der Waals surface area contributed by atoms with Gasteiger partial charge in [0.05, 0.1) is 12.7 Å². The molecule has 0 bridgehead atoms. The highest BCUT2D eigenvalue weighted by Crippen LogP contribution is 2.25. The molecule has 1 aliphatic rings. The summed E-state index contributed by atoms with van der Waals surface area (Å²) in [6, 6.07) is 0.